The molecule has 0 aromatic carbocycles. The van der Waals surface area contributed by atoms with Crippen LogP contribution in [0.4, 0.5) is 0 Å². The third-order valence-corrected chi connectivity index (χ3v) is 2.56. The Balaban J connectivity index is 4.23. The molecule has 58 valence electrons. The van der Waals surface area contributed by atoms with Gasteiger partial charge in [0.15, 0.2) is 0 Å². The Hall–Kier alpha value is -0.460. The molecule has 10 heavy (non-hydrogen) atoms. The molecule has 0 fully saturated rings. The molecule has 1 unspecified atom stereocenters. The van der Waals surface area contributed by atoms with Crippen molar-refractivity contribution in [2.24, 2.45) is 11.3 Å². The van der Waals surface area contributed by atoms with Crippen molar-refractivity contribution >= 4 is 5.78 Å². The standard InChI is InChI=1S/C9H17O/c1-6-7(2)9(4,5)8(3)10/h7H,3,6H2,1-2,4-5H3/q+1. The molecule has 0 rings (SSSR count). The SMILES string of the molecule is [CH2+]C(=O)C(C)(C)C(C)CC. The van der Waals surface area contributed by atoms with E-state index in [1.807, 2.05) is 13.8 Å². The van der Waals surface area contributed by atoms with E-state index >= 15 is 0 Å². The van der Waals surface area contributed by atoms with Crippen LogP contribution in [0, 0.1) is 18.3 Å². The van der Waals surface area contributed by atoms with Gasteiger partial charge < -0.3 is 0 Å². The van der Waals surface area contributed by atoms with Crippen molar-refractivity contribution in [3.05, 3.63) is 6.92 Å². The summed E-state index contributed by atoms with van der Waals surface area (Å²) in [5, 5.41) is 0. The second-order valence-corrected chi connectivity index (χ2v) is 3.45. The minimum Gasteiger partial charge on any atom is -0.243 e. The molecule has 0 N–H and O–H groups in total. The van der Waals surface area contributed by atoms with Crippen LogP contribution in [0.15, 0.2) is 0 Å². The third kappa shape index (κ3) is 1.76. The summed E-state index contributed by atoms with van der Waals surface area (Å²) in [6.45, 7) is 11.5. The Labute approximate surface area is 63.8 Å². The molecule has 0 aliphatic carbocycles. The number of Topliss-reactive ketones (excluding diaryl/α,β-unsaturated/α-hetero) is 1. The van der Waals surface area contributed by atoms with Gasteiger partial charge in [0.25, 0.3) is 0 Å². The highest BCUT2D eigenvalue weighted by atomic mass is 16.1. The van der Waals surface area contributed by atoms with Crippen LogP contribution >= 0.6 is 0 Å². The highest BCUT2D eigenvalue weighted by Gasteiger charge is 2.34. The quantitative estimate of drug-likeness (QED) is 0.552. The molecule has 0 saturated carbocycles. The van der Waals surface area contributed by atoms with E-state index in [9.17, 15) is 4.79 Å². The molecule has 0 spiro atoms. The molecule has 0 aromatic rings. The number of rotatable bonds is 3. The highest BCUT2D eigenvalue weighted by Crippen LogP contribution is 2.29. The highest BCUT2D eigenvalue weighted by molar-refractivity contribution is 5.88. The third-order valence-electron chi connectivity index (χ3n) is 2.56. The van der Waals surface area contributed by atoms with Crippen LogP contribution in [0.3, 0.4) is 0 Å². The molecule has 0 bridgehead atoms. The summed E-state index contributed by atoms with van der Waals surface area (Å²) in [4.78, 5) is 11.0. The molecule has 0 aliphatic heterocycles. The lowest BCUT2D eigenvalue weighted by molar-refractivity contribution is -0.124. The predicted octanol–water partition coefficient (Wildman–Crippen LogP) is 2.46. The van der Waals surface area contributed by atoms with E-state index in [0.717, 1.165) is 6.42 Å². The van der Waals surface area contributed by atoms with E-state index in [4.69, 9.17) is 0 Å². The van der Waals surface area contributed by atoms with Crippen LogP contribution in [0.1, 0.15) is 34.1 Å². The molecule has 0 aromatic heterocycles. The second kappa shape index (κ2) is 3.09. The normalized spacial score (nSPS) is 14.8. The molecule has 0 heterocycles. The van der Waals surface area contributed by atoms with Crippen LogP contribution in [0.25, 0.3) is 0 Å². The van der Waals surface area contributed by atoms with Crippen molar-refractivity contribution in [3.63, 3.8) is 0 Å². The van der Waals surface area contributed by atoms with Gasteiger partial charge in [-0.2, -0.15) is 0 Å². The van der Waals surface area contributed by atoms with Crippen molar-refractivity contribution in [1.82, 2.24) is 0 Å². The van der Waals surface area contributed by atoms with Crippen LogP contribution in [0.2, 0.25) is 0 Å². The van der Waals surface area contributed by atoms with Crippen molar-refractivity contribution in [2.45, 2.75) is 34.1 Å². The predicted molar refractivity (Wildman–Crippen MR) is 43.6 cm³/mol. The van der Waals surface area contributed by atoms with E-state index in [0.29, 0.717) is 5.92 Å². The summed E-state index contributed by atoms with van der Waals surface area (Å²) in [7, 11) is 0. The first kappa shape index (κ1) is 9.54. The summed E-state index contributed by atoms with van der Waals surface area (Å²) in [5.74, 6) is 0.472. The fourth-order valence-electron chi connectivity index (χ4n) is 0.785. The minimum absolute atomic E-state index is 0.0434. The summed E-state index contributed by atoms with van der Waals surface area (Å²) in [6, 6.07) is 0. The topological polar surface area (TPSA) is 17.1 Å². The van der Waals surface area contributed by atoms with Crippen molar-refractivity contribution < 1.29 is 4.79 Å². The number of hydrogen-bond acceptors (Lipinski definition) is 1. The van der Waals surface area contributed by atoms with Crippen LogP contribution in [-0.2, 0) is 4.79 Å². The van der Waals surface area contributed by atoms with E-state index in [1.165, 1.54) is 0 Å². The molecule has 0 radical (unpaired) electrons. The molecular weight excluding hydrogens is 124 g/mol. The molecule has 1 nitrogen and oxygen atoms in total. The molecular formula is C9H17O+. The number of carbonyl (C=O) groups is 1. The summed E-state index contributed by atoms with van der Waals surface area (Å²) in [6.07, 6.45) is 1.04. The average molecular weight is 141 g/mol. The van der Waals surface area contributed by atoms with Gasteiger partial charge in [-0.1, -0.05) is 20.3 Å². The molecule has 1 atom stereocenters. The Morgan fingerprint density at radius 3 is 2.10 bits per heavy atom. The summed E-state index contributed by atoms with van der Waals surface area (Å²) in [5.41, 5.74) is -0.241. The zero-order valence-corrected chi connectivity index (χ0v) is 7.40. The zero-order chi connectivity index (χ0) is 8.36. The van der Waals surface area contributed by atoms with Crippen molar-refractivity contribution in [3.8, 4) is 0 Å². The lowest BCUT2D eigenvalue weighted by Crippen LogP contribution is -2.29. The average Bonchev–Trinajstić information content (AvgIpc) is 1.86. The first-order valence-corrected chi connectivity index (χ1v) is 3.79. The number of hydrogen-bond donors (Lipinski definition) is 0. The van der Waals surface area contributed by atoms with Gasteiger partial charge in [-0.3, -0.25) is 0 Å². The van der Waals surface area contributed by atoms with Crippen molar-refractivity contribution in [1.29, 1.82) is 0 Å². The van der Waals surface area contributed by atoms with Gasteiger partial charge >= 0.3 is 5.78 Å². The number of carbonyl (C=O) groups excluding carboxylic acids is 1. The van der Waals surface area contributed by atoms with Crippen molar-refractivity contribution in [2.75, 3.05) is 0 Å². The molecule has 1 heteroatoms. The Bertz CT molecular complexity index is 125. The second-order valence-electron chi connectivity index (χ2n) is 3.45. The van der Waals surface area contributed by atoms with Gasteiger partial charge in [-0.25, -0.2) is 4.79 Å². The Morgan fingerprint density at radius 2 is 2.00 bits per heavy atom. The monoisotopic (exact) mass is 141 g/mol. The first-order valence-electron chi connectivity index (χ1n) is 3.79. The fourth-order valence-corrected chi connectivity index (χ4v) is 0.785. The smallest absolute Gasteiger partial charge is 0.243 e. The maximum atomic E-state index is 11.0. The van der Waals surface area contributed by atoms with E-state index in [2.05, 4.69) is 20.8 Å². The van der Waals surface area contributed by atoms with Crippen LogP contribution < -0.4 is 0 Å². The molecule has 0 amide bonds. The van der Waals surface area contributed by atoms with Gasteiger partial charge in [0.05, 0.1) is 5.41 Å². The van der Waals surface area contributed by atoms with Gasteiger partial charge in [0, 0.05) is 0 Å². The van der Waals surface area contributed by atoms with E-state index < -0.39 is 0 Å². The maximum absolute atomic E-state index is 11.0. The number of ketones is 1. The lowest BCUT2D eigenvalue weighted by atomic mass is 9.76. The molecule has 0 aliphatic rings. The largest absolute Gasteiger partial charge is 0.309 e. The van der Waals surface area contributed by atoms with E-state index in [1.54, 1.807) is 0 Å². The van der Waals surface area contributed by atoms with Gasteiger partial charge in [-0.15, -0.1) is 0 Å². The maximum Gasteiger partial charge on any atom is 0.309 e. The lowest BCUT2D eigenvalue weighted by Gasteiger charge is -2.23. The van der Waals surface area contributed by atoms with E-state index in [-0.39, 0.29) is 11.2 Å². The van der Waals surface area contributed by atoms with Crippen LogP contribution in [-0.4, -0.2) is 5.78 Å². The Morgan fingerprint density at radius 1 is 1.60 bits per heavy atom. The summed E-state index contributed by atoms with van der Waals surface area (Å²) < 4.78 is 0. The Kier molecular flexibility index (Phi) is 2.95. The molecule has 0 saturated heterocycles. The van der Waals surface area contributed by atoms with Gasteiger partial charge in [-0.05, 0) is 19.8 Å². The van der Waals surface area contributed by atoms with Gasteiger partial charge in [0.2, 0.25) is 0 Å². The first-order chi connectivity index (χ1) is 4.42. The fraction of sp³-hybridized carbons (Fsp3) is 0.778. The zero-order valence-electron chi connectivity index (χ0n) is 7.40. The van der Waals surface area contributed by atoms with Gasteiger partial charge in [0.1, 0.15) is 6.92 Å². The minimum atomic E-state index is -0.241. The summed E-state index contributed by atoms with van der Waals surface area (Å²) >= 11 is 0. The van der Waals surface area contributed by atoms with Crippen LogP contribution in [0.5, 0.6) is 0 Å².